The number of nitro benzene ring substituents is 1. The molecule has 1 aromatic rings. The molecule has 0 amide bonds. The molecule has 1 rings (SSSR count). The summed E-state index contributed by atoms with van der Waals surface area (Å²) in [5, 5.41) is 20.1. The SMILES string of the molecule is CCS(=O)(=O)CC(O)c1ccc([N+](=O)[O-])cc1. The second-order valence-electron chi connectivity index (χ2n) is 3.56. The minimum Gasteiger partial charge on any atom is -0.387 e. The zero-order valence-corrected chi connectivity index (χ0v) is 10.1. The smallest absolute Gasteiger partial charge is 0.269 e. The van der Waals surface area contributed by atoms with Crippen LogP contribution in [0.15, 0.2) is 24.3 Å². The highest BCUT2D eigenvalue weighted by Crippen LogP contribution is 2.19. The fraction of sp³-hybridized carbons (Fsp3) is 0.400. The number of non-ortho nitro benzene ring substituents is 1. The maximum Gasteiger partial charge on any atom is 0.269 e. The van der Waals surface area contributed by atoms with Crippen molar-refractivity contribution in [2.75, 3.05) is 11.5 Å². The van der Waals surface area contributed by atoms with Gasteiger partial charge in [-0.2, -0.15) is 0 Å². The number of sulfone groups is 1. The molecule has 0 aliphatic rings. The van der Waals surface area contributed by atoms with Crippen molar-refractivity contribution in [3.05, 3.63) is 39.9 Å². The van der Waals surface area contributed by atoms with Crippen LogP contribution in [0.5, 0.6) is 0 Å². The Kier molecular flexibility index (Phi) is 4.19. The number of aliphatic hydroxyl groups is 1. The van der Waals surface area contributed by atoms with E-state index >= 15 is 0 Å². The highest BCUT2D eigenvalue weighted by molar-refractivity contribution is 7.91. The molecule has 0 heterocycles. The summed E-state index contributed by atoms with van der Waals surface area (Å²) in [6.07, 6.45) is -1.15. The van der Waals surface area contributed by atoms with Crippen LogP contribution in [0.4, 0.5) is 5.69 Å². The van der Waals surface area contributed by atoms with Crippen LogP contribution in [0.3, 0.4) is 0 Å². The lowest BCUT2D eigenvalue weighted by Gasteiger charge is -2.10. The minimum atomic E-state index is -3.28. The van der Waals surface area contributed by atoms with Gasteiger partial charge >= 0.3 is 0 Å². The highest BCUT2D eigenvalue weighted by atomic mass is 32.2. The van der Waals surface area contributed by atoms with Gasteiger partial charge in [-0.1, -0.05) is 6.92 Å². The van der Waals surface area contributed by atoms with E-state index in [0.29, 0.717) is 5.56 Å². The lowest BCUT2D eigenvalue weighted by molar-refractivity contribution is -0.384. The molecule has 1 aromatic carbocycles. The minimum absolute atomic E-state index is 0.0446. The van der Waals surface area contributed by atoms with Crippen LogP contribution in [0.25, 0.3) is 0 Å². The van der Waals surface area contributed by atoms with Crippen LogP contribution < -0.4 is 0 Å². The average Bonchev–Trinajstić information content (AvgIpc) is 2.28. The van der Waals surface area contributed by atoms with Crippen molar-refractivity contribution < 1.29 is 18.4 Å². The fourth-order valence-electron chi connectivity index (χ4n) is 1.27. The number of nitro groups is 1. The summed E-state index contributed by atoms with van der Waals surface area (Å²) >= 11 is 0. The van der Waals surface area contributed by atoms with Gasteiger partial charge in [-0.3, -0.25) is 10.1 Å². The van der Waals surface area contributed by atoms with E-state index in [-0.39, 0.29) is 17.2 Å². The molecule has 0 saturated carbocycles. The van der Waals surface area contributed by atoms with E-state index in [0.717, 1.165) is 0 Å². The first-order chi connectivity index (χ1) is 7.85. The summed E-state index contributed by atoms with van der Waals surface area (Å²) in [7, 11) is -3.28. The van der Waals surface area contributed by atoms with Crippen molar-refractivity contribution in [3.63, 3.8) is 0 Å². The van der Waals surface area contributed by atoms with E-state index in [2.05, 4.69) is 0 Å². The molecule has 0 fully saturated rings. The van der Waals surface area contributed by atoms with Crippen molar-refractivity contribution >= 4 is 15.5 Å². The molecular weight excluding hydrogens is 246 g/mol. The number of hydrogen-bond acceptors (Lipinski definition) is 5. The summed E-state index contributed by atoms with van der Waals surface area (Å²) in [6.45, 7) is 1.50. The molecule has 94 valence electrons. The van der Waals surface area contributed by atoms with Gasteiger partial charge in [0.05, 0.1) is 16.8 Å². The third-order valence-electron chi connectivity index (χ3n) is 2.34. The Bertz CT molecular complexity index is 494. The van der Waals surface area contributed by atoms with Crippen molar-refractivity contribution in [1.82, 2.24) is 0 Å². The van der Waals surface area contributed by atoms with E-state index < -0.39 is 20.9 Å². The summed E-state index contributed by atoms with van der Waals surface area (Å²) in [5.41, 5.74) is 0.256. The molecule has 1 N–H and O–H groups in total. The summed E-state index contributed by atoms with van der Waals surface area (Å²) in [5.74, 6) is -0.418. The molecule has 0 aromatic heterocycles. The van der Waals surface area contributed by atoms with E-state index in [1.54, 1.807) is 0 Å². The monoisotopic (exact) mass is 259 g/mol. The van der Waals surface area contributed by atoms with Crippen LogP contribution in [-0.4, -0.2) is 30.0 Å². The predicted octanol–water partition coefficient (Wildman–Crippen LogP) is 1.06. The molecule has 0 spiro atoms. The molecule has 1 atom stereocenters. The molecule has 0 bridgehead atoms. The van der Waals surface area contributed by atoms with Crippen molar-refractivity contribution in [3.8, 4) is 0 Å². The van der Waals surface area contributed by atoms with Gasteiger partial charge in [0, 0.05) is 17.9 Å². The van der Waals surface area contributed by atoms with Gasteiger partial charge in [0.25, 0.3) is 5.69 Å². The lowest BCUT2D eigenvalue weighted by Crippen LogP contribution is -2.16. The Labute approximate surface area is 99.0 Å². The van der Waals surface area contributed by atoms with Gasteiger partial charge in [0.2, 0.25) is 0 Å². The van der Waals surface area contributed by atoms with Crippen LogP contribution in [0, 0.1) is 10.1 Å². The second kappa shape index (κ2) is 5.24. The van der Waals surface area contributed by atoms with Crippen molar-refractivity contribution in [1.29, 1.82) is 0 Å². The normalized spacial score (nSPS) is 13.3. The Morgan fingerprint density at radius 1 is 1.35 bits per heavy atom. The number of benzene rings is 1. The van der Waals surface area contributed by atoms with Crippen molar-refractivity contribution in [2.24, 2.45) is 0 Å². The van der Waals surface area contributed by atoms with Crippen LogP contribution in [-0.2, 0) is 9.84 Å². The Morgan fingerprint density at radius 3 is 2.29 bits per heavy atom. The van der Waals surface area contributed by atoms with E-state index in [1.165, 1.54) is 31.2 Å². The molecule has 0 saturated heterocycles. The van der Waals surface area contributed by atoms with E-state index in [4.69, 9.17) is 0 Å². The Hall–Kier alpha value is -1.47. The number of nitrogens with zero attached hydrogens (tertiary/aromatic N) is 1. The van der Waals surface area contributed by atoms with E-state index in [9.17, 15) is 23.6 Å². The molecule has 0 aliphatic carbocycles. The molecule has 6 nitrogen and oxygen atoms in total. The zero-order chi connectivity index (χ0) is 13.1. The third-order valence-corrected chi connectivity index (χ3v) is 4.04. The van der Waals surface area contributed by atoms with Gasteiger partial charge in [0.15, 0.2) is 9.84 Å². The number of aliphatic hydroxyl groups excluding tert-OH is 1. The molecule has 0 aliphatic heterocycles. The largest absolute Gasteiger partial charge is 0.387 e. The number of hydrogen-bond donors (Lipinski definition) is 1. The first kappa shape index (κ1) is 13.6. The first-order valence-corrected chi connectivity index (χ1v) is 6.80. The maximum atomic E-state index is 11.3. The molecule has 0 radical (unpaired) electrons. The van der Waals surface area contributed by atoms with Crippen molar-refractivity contribution in [2.45, 2.75) is 13.0 Å². The second-order valence-corrected chi connectivity index (χ2v) is 5.96. The van der Waals surface area contributed by atoms with E-state index in [1.807, 2.05) is 0 Å². The highest BCUT2D eigenvalue weighted by Gasteiger charge is 2.17. The van der Waals surface area contributed by atoms with Gasteiger partial charge < -0.3 is 5.11 Å². The number of rotatable bonds is 5. The fourth-order valence-corrected chi connectivity index (χ4v) is 2.18. The topological polar surface area (TPSA) is 97.5 Å². The quantitative estimate of drug-likeness (QED) is 0.630. The molecule has 1 unspecified atom stereocenters. The van der Waals surface area contributed by atoms with Crippen LogP contribution in [0.2, 0.25) is 0 Å². The van der Waals surface area contributed by atoms with Crippen LogP contribution >= 0.6 is 0 Å². The van der Waals surface area contributed by atoms with Gasteiger partial charge in [-0.15, -0.1) is 0 Å². The molecule has 7 heteroatoms. The lowest BCUT2D eigenvalue weighted by atomic mass is 10.1. The third kappa shape index (κ3) is 3.79. The van der Waals surface area contributed by atoms with Gasteiger partial charge in [0.1, 0.15) is 0 Å². The molecule has 17 heavy (non-hydrogen) atoms. The predicted molar refractivity (Wildman–Crippen MR) is 62.4 cm³/mol. The first-order valence-electron chi connectivity index (χ1n) is 4.98. The average molecular weight is 259 g/mol. The Balaban J connectivity index is 2.83. The summed E-state index contributed by atoms with van der Waals surface area (Å²) in [4.78, 5) is 9.85. The summed E-state index contributed by atoms with van der Waals surface area (Å²) in [6, 6.07) is 5.18. The zero-order valence-electron chi connectivity index (χ0n) is 9.24. The summed E-state index contributed by atoms with van der Waals surface area (Å²) < 4.78 is 22.6. The van der Waals surface area contributed by atoms with Crippen LogP contribution in [0.1, 0.15) is 18.6 Å². The molecular formula is C10H13NO5S. The van der Waals surface area contributed by atoms with Gasteiger partial charge in [-0.25, -0.2) is 8.42 Å². The standard InChI is InChI=1S/C10H13NO5S/c1-2-17(15,16)7-10(12)8-3-5-9(6-4-8)11(13)14/h3-6,10,12H,2,7H2,1H3. The van der Waals surface area contributed by atoms with Gasteiger partial charge in [-0.05, 0) is 17.7 Å². The Morgan fingerprint density at radius 2 is 1.88 bits per heavy atom. The maximum absolute atomic E-state index is 11.3.